The monoisotopic (exact) mass is 110 g/mol. The van der Waals surface area contributed by atoms with Crippen LogP contribution >= 0.6 is 0 Å². The predicted molar refractivity (Wildman–Crippen MR) is 33.4 cm³/mol. The van der Waals surface area contributed by atoms with E-state index in [0.717, 1.165) is 6.42 Å². The number of hydrogen-bond acceptors (Lipinski definition) is 1. The van der Waals surface area contributed by atoms with Gasteiger partial charge in [0.05, 0.1) is 0 Å². The molecule has 0 heterocycles. The van der Waals surface area contributed by atoms with Crippen molar-refractivity contribution in [3.63, 3.8) is 0 Å². The Morgan fingerprint density at radius 2 is 2.12 bits per heavy atom. The van der Waals surface area contributed by atoms with E-state index >= 15 is 0 Å². The summed E-state index contributed by atoms with van der Waals surface area (Å²) in [5, 5.41) is 0. The zero-order valence-corrected chi connectivity index (χ0v) is 5.32. The molecule has 0 aromatic carbocycles. The van der Waals surface area contributed by atoms with Crippen LogP contribution in [0.2, 0.25) is 0 Å². The fourth-order valence-electron chi connectivity index (χ4n) is 0.275. The molecule has 0 bridgehead atoms. The van der Waals surface area contributed by atoms with E-state index in [-0.39, 0.29) is 5.78 Å². The van der Waals surface area contributed by atoms with Crippen LogP contribution in [0.4, 0.5) is 0 Å². The van der Waals surface area contributed by atoms with Gasteiger partial charge in [-0.25, -0.2) is 0 Å². The van der Waals surface area contributed by atoms with Gasteiger partial charge in [0.15, 0.2) is 0 Å². The number of rotatable bonds is 1. The molecule has 1 heteroatoms. The molecule has 1 nitrogen and oxygen atoms in total. The molecule has 0 aliphatic carbocycles. The van der Waals surface area contributed by atoms with E-state index in [1.807, 2.05) is 13.8 Å². The molecule has 8 heavy (non-hydrogen) atoms. The minimum absolute atomic E-state index is 0.0341. The summed E-state index contributed by atoms with van der Waals surface area (Å²) in [6.07, 6.45) is 1.30. The lowest BCUT2D eigenvalue weighted by Crippen LogP contribution is -1.86. The van der Waals surface area contributed by atoms with Crippen molar-refractivity contribution in [1.29, 1.82) is 0 Å². The first-order valence-corrected chi connectivity index (χ1v) is 2.83. The second kappa shape index (κ2) is 4.39. The zero-order valence-electron chi connectivity index (χ0n) is 5.32. The Labute approximate surface area is 50.1 Å². The predicted octanol–water partition coefficient (Wildman–Crippen LogP) is 1.38. The fourth-order valence-corrected chi connectivity index (χ4v) is 0.275. The van der Waals surface area contributed by atoms with Crippen LogP contribution in [0.3, 0.4) is 0 Å². The van der Waals surface area contributed by atoms with Gasteiger partial charge in [-0.1, -0.05) is 19.8 Å². The summed E-state index contributed by atoms with van der Waals surface area (Å²) in [6.45, 7) is 3.74. The van der Waals surface area contributed by atoms with Crippen LogP contribution in [0.5, 0.6) is 0 Å². The number of ketones is 1. The van der Waals surface area contributed by atoms with Crippen LogP contribution in [0, 0.1) is 11.8 Å². The van der Waals surface area contributed by atoms with Crippen LogP contribution in [0.25, 0.3) is 0 Å². The molecule has 0 unspecified atom stereocenters. The van der Waals surface area contributed by atoms with Crippen molar-refractivity contribution in [1.82, 2.24) is 0 Å². The molecule has 0 radical (unpaired) electrons. The largest absolute Gasteiger partial charge is 0.285 e. The van der Waals surface area contributed by atoms with Gasteiger partial charge in [0.25, 0.3) is 0 Å². The lowest BCUT2D eigenvalue weighted by molar-refractivity contribution is -0.113. The summed E-state index contributed by atoms with van der Waals surface area (Å²) >= 11 is 0. The summed E-state index contributed by atoms with van der Waals surface area (Å²) in [7, 11) is 0. The molecule has 0 rings (SSSR count). The van der Waals surface area contributed by atoms with Crippen LogP contribution in [-0.4, -0.2) is 5.78 Å². The van der Waals surface area contributed by atoms with E-state index in [2.05, 4.69) is 11.8 Å². The van der Waals surface area contributed by atoms with Crippen molar-refractivity contribution in [2.75, 3.05) is 0 Å². The summed E-state index contributed by atoms with van der Waals surface area (Å²) in [5.41, 5.74) is 0. The van der Waals surface area contributed by atoms with Crippen molar-refractivity contribution in [3.8, 4) is 11.8 Å². The van der Waals surface area contributed by atoms with Gasteiger partial charge >= 0.3 is 0 Å². The molecule has 0 N–H and O–H groups in total. The maximum atomic E-state index is 10.4. The topological polar surface area (TPSA) is 17.1 Å². The Bertz CT molecular complexity index is 125. The molecule has 0 aromatic heterocycles. The second-order valence-electron chi connectivity index (χ2n) is 1.43. The average Bonchev–Trinajstić information content (AvgIpc) is 1.83. The zero-order chi connectivity index (χ0) is 6.41. The highest BCUT2D eigenvalue weighted by Crippen LogP contribution is 1.76. The smallest absolute Gasteiger partial charge is 0.205 e. The highest BCUT2D eigenvalue weighted by Gasteiger charge is 1.84. The van der Waals surface area contributed by atoms with Gasteiger partial charge in [-0.3, -0.25) is 4.79 Å². The summed E-state index contributed by atoms with van der Waals surface area (Å²) in [4.78, 5) is 10.4. The van der Waals surface area contributed by atoms with Crippen LogP contribution in [0.15, 0.2) is 0 Å². The van der Waals surface area contributed by atoms with Gasteiger partial charge < -0.3 is 0 Å². The van der Waals surface area contributed by atoms with Crippen molar-refractivity contribution in [2.24, 2.45) is 0 Å². The van der Waals surface area contributed by atoms with Gasteiger partial charge in [0.2, 0.25) is 5.78 Å². The molecule has 0 saturated carbocycles. The van der Waals surface area contributed by atoms with Gasteiger partial charge in [0.1, 0.15) is 0 Å². The third-order valence-electron chi connectivity index (χ3n) is 0.726. The number of carbonyl (C=O) groups excluding carboxylic acids is 1. The summed E-state index contributed by atoms with van der Waals surface area (Å²) < 4.78 is 0. The highest BCUT2D eigenvalue weighted by molar-refractivity contribution is 5.95. The van der Waals surface area contributed by atoms with Gasteiger partial charge in [0, 0.05) is 12.8 Å². The van der Waals surface area contributed by atoms with Crippen molar-refractivity contribution in [2.45, 2.75) is 26.7 Å². The van der Waals surface area contributed by atoms with Crippen LogP contribution < -0.4 is 0 Å². The van der Waals surface area contributed by atoms with E-state index in [1.165, 1.54) is 0 Å². The second-order valence-corrected chi connectivity index (χ2v) is 1.43. The Balaban J connectivity index is 3.52. The fraction of sp³-hybridized carbons (Fsp3) is 0.571. The lowest BCUT2D eigenvalue weighted by Gasteiger charge is -1.75. The van der Waals surface area contributed by atoms with Gasteiger partial charge in [-0.05, 0) is 5.92 Å². The number of hydrogen-bond donors (Lipinski definition) is 0. The van der Waals surface area contributed by atoms with Gasteiger partial charge in [-0.2, -0.15) is 0 Å². The van der Waals surface area contributed by atoms with E-state index in [1.54, 1.807) is 0 Å². The molecule has 0 aliphatic rings. The Morgan fingerprint density at radius 1 is 1.50 bits per heavy atom. The number of carbonyl (C=O) groups is 1. The summed E-state index contributed by atoms with van der Waals surface area (Å²) in [5.74, 6) is 5.23. The van der Waals surface area contributed by atoms with E-state index in [4.69, 9.17) is 0 Å². The Hall–Kier alpha value is -0.770. The molecule has 0 aliphatic heterocycles. The molecule has 0 amide bonds. The molecule has 0 spiro atoms. The third kappa shape index (κ3) is 3.42. The number of Topliss-reactive ketones (excluding diaryl/α,β-unsaturated/α-hetero) is 1. The standard InChI is InChI=1S/C7H10O/c1-3-5-6-7(8)4-2/h3-4H2,1-2H3. The lowest BCUT2D eigenvalue weighted by atomic mass is 10.3. The van der Waals surface area contributed by atoms with Crippen molar-refractivity contribution in [3.05, 3.63) is 0 Å². The molecular weight excluding hydrogens is 100 g/mol. The minimum atomic E-state index is 0.0341. The molecular formula is C7H10O. The van der Waals surface area contributed by atoms with E-state index in [9.17, 15) is 4.79 Å². The SMILES string of the molecule is CCC#CC(=O)CC. The minimum Gasteiger partial charge on any atom is -0.285 e. The molecule has 0 fully saturated rings. The van der Waals surface area contributed by atoms with Crippen LogP contribution in [0.1, 0.15) is 26.7 Å². The molecule has 0 saturated heterocycles. The normalized spacial score (nSPS) is 7.25. The first kappa shape index (κ1) is 7.23. The molecule has 44 valence electrons. The third-order valence-corrected chi connectivity index (χ3v) is 0.726. The maximum Gasteiger partial charge on any atom is 0.205 e. The van der Waals surface area contributed by atoms with Crippen LogP contribution in [-0.2, 0) is 4.79 Å². The van der Waals surface area contributed by atoms with E-state index in [0.29, 0.717) is 6.42 Å². The highest BCUT2D eigenvalue weighted by atomic mass is 16.1. The van der Waals surface area contributed by atoms with Crippen molar-refractivity contribution < 1.29 is 4.79 Å². The first-order chi connectivity index (χ1) is 3.81. The molecule has 0 atom stereocenters. The molecule has 0 aromatic rings. The average molecular weight is 110 g/mol. The maximum absolute atomic E-state index is 10.4. The quantitative estimate of drug-likeness (QED) is 0.368. The summed E-state index contributed by atoms with van der Waals surface area (Å²) in [6, 6.07) is 0. The van der Waals surface area contributed by atoms with E-state index < -0.39 is 0 Å². The first-order valence-electron chi connectivity index (χ1n) is 2.83. The Kier molecular flexibility index (Phi) is 3.97. The Morgan fingerprint density at radius 3 is 2.50 bits per heavy atom. The van der Waals surface area contributed by atoms with Gasteiger partial charge in [-0.15, -0.1) is 0 Å². The van der Waals surface area contributed by atoms with Crippen molar-refractivity contribution >= 4 is 5.78 Å².